The number of urea groups is 1. The molecule has 1 fully saturated rings. The van der Waals surface area contributed by atoms with E-state index in [1.165, 1.54) is 16.2 Å². The Morgan fingerprint density at radius 2 is 2.18 bits per heavy atom. The molecule has 0 bridgehead atoms. The first-order valence-corrected chi connectivity index (χ1v) is 6.28. The van der Waals surface area contributed by atoms with Crippen molar-refractivity contribution < 1.29 is 9.59 Å². The Morgan fingerprint density at radius 3 is 2.65 bits per heavy atom. The van der Waals surface area contributed by atoms with E-state index in [-0.39, 0.29) is 23.9 Å². The molecule has 1 aromatic rings. The van der Waals surface area contributed by atoms with Crippen molar-refractivity contribution in [2.45, 2.75) is 32.7 Å². The Balaban J connectivity index is 2.07. The smallest absolute Gasteiger partial charge is 0.308 e. The van der Waals surface area contributed by atoms with E-state index in [0.29, 0.717) is 6.54 Å². The van der Waals surface area contributed by atoms with Crippen molar-refractivity contribution in [3.8, 4) is 0 Å². The zero-order valence-corrected chi connectivity index (χ0v) is 10.9. The van der Waals surface area contributed by atoms with Gasteiger partial charge in [-0.25, -0.2) is 9.78 Å². The lowest BCUT2D eigenvalue weighted by atomic mass is 9.93. The van der Waals surface area contributed by atoms with E-state index in [2.05, 4.69) is 31.1 Å². The maximum absolute atomic E-state index is 11.4. The lowest BCUT2D eigenvalue weighted by molar-refractivity contribution is -0.118. The second-order valence-electron chi connectivity index (χ2n) is 5.09. The summed E-state index contributed by atoms with van der Waals surface area (Å²) in [5, 5.41) is 5.12. The molecule has 2 rings (SSSR count). The van der Waals surface area contributed by atoms with Crippen molar-refractivity contribution in [2.24, 2.45) is 0 Å². The van der Waals surface area contributed by atoms with Gasteiger partial charge in [0.05, 0.1) is 12.2 Å². The van der Waals surface area contributed by atoms with Crippen LogP contribution in [0.4, 0.5) is 4.79 Å². The molecule has 1 N–H and O–H groups in total. The van der Waals surface area contributed by atoms with Crippen LogP contribution in [0.5, 0.6) is 0 Å². The minimum Gasteiger partial charge on any atom is -0.308 e. The highest BCUT2D eigenvalue weighted by Gasteiger charge is 2.27. The molecule has 1 aliphatic heterocycles. The summed E-state index contributed by atoms with van der Waals surface area (Å²) >= 11 is 1.52. The van der Waals surface area contributed by atoms with E-state index in [9.17, 15) is 9.59 Å². The minimum atomic E-state index is -0.331. The number of nitrogens with one attached hydrogen (secondary N) is 1. The van der Waals surface area contributed by atoms with Gasteiger partial charge in [-0.2, -0.15) is 0 Å². The Morgan fingerprint density at radius 1 is 1.47 bits per heavy atom. The first-order chi connectivity index (χ1) is 7.86. The summed E-state index contributed by atoms with van der Waals surface area (Å²) < 4.78 is 0. The molecule has 0 aromatic carbocycles. The molecule has 0 spiro atoms. The molecule has 5 nitrogen and oxygen atoms in total. The predicted molar refractivity (Wildman–Crippen MR) is 64.8 cm³/mol. The zero-order valence-electron chi connectivity index (χ0n) is 10.1. The van der Waals surface area contributed by atoms with Gasteiger partial charge in [-0.05, 0) is 0 Å². The Labute approximate surface area is 104 Å². The van der Waals surface area contributed by atoms with Crippen LogP contribution in [0, 0.1) is 0 Å². The molecule has 0 aliphatic carbocycles. The first-order valence-electron chi connectivity index (χ1n) is 5.40. The number of aromatic nitrogens is 1. The lowest BCUT2D eigenvalue weighted by Gasteiger charge is -2.14. The lowest BCUT2D eigenvalue weighted by Crippen LogP contribution is -2.27. The maximum Gasteiger partial charge on any atom is 0.324 e. The standard InChI is InChI=1S/C11H15N3O2S/c1-11(2,3)7-6-17-9(12-7)5-14-4-8(15)13-10(14)16/h6H,4-5H2,1-3H3,(H,13,15,16). The molecule has 3 amide bonds. The summed E-state index contributed by atoms with van der Waals surface area (Å²) in [6.07, 6.45) is 0. The van der Waals surface area contributed by atoms with Crippen molar-refractivity contribution in [3.05, 3.63) is 16.1 Å². The van der Waals surface area contributed by atoms with E-state index in [1.54, 1.807) is 0 Å². The summed E-state index contributed by atoms with van der Waals surface area (Å²) in [4.78, 5) is 28.3. The molecule has 0 unspecified atom stereocenters. The van der Waals surface area contributed by atoms with E-state index in [1.807, 2.05) is 5.38 Å². The number of thiazole rings is 1. The Kier molecular flexibility index (Phi) is 2.91. The van der Waals surface area contributed by atoms with Crippen molar-refractivity contribution in [3.63, 3.8) is 0 Å². The van der Waals surface area contributed by atoms with Crippen molar-refractivity contribution >= 4 is 23.3 Å². The van der Waals surface area contributed by atoms with Gasteiger partial charge in [0, 0.05) is 10.8 Å². The van der Waals surface area contributed by atoms with E-state index >= 15 is 0 Å². The van der Waals surface area contributed by atoms with Gasteiger partial charge in [0.2, 0.25) is 5.91 Å². The van der Waals surface area contributed by atoms with Gasteiger partial charge in [0.1, 0.15) is 11.6 Å². The molecule has 1 aromatic heterocycles. The van der Waals surface area contributed by atoms with E-state index in [0.717, 1.165) is 10.7 Å². The number of nitrogens with zero attached hydrogens (tertiary/aromatic N) is 2. The topological polar surface area (TPSA) is 62.3 Å². The highest BCUT2D eigenvalue weighted by Crippen LogP contribution is 2.24. The molecule has 17 heavy (non-hydrogen) atoms. The molecular weight excluding hydrogens is 238 g/mol. The second-order valence-corrected chi connectivity index (χ2v) is 6.03. The largest absolute Gasteiger partial charge is 0.324 e. The number of hydrogen-bond donors (Lipinski definition) is 1. The van der Waals surface area contributed by atoms with Crippen LogP contribution in [0.2, 0.25) is 0 Å². The van der Waals surface area contributed by atoms with Crippen molar-refractivity contribution in [1.82, 2.24) is 15.2 Å². The number of carbonyl (C=O) groups excluding carboxylic acids is 2. The average molecular weight is 253 g/mol. The molecule has 0 radical (unpaired) electrons. The molecule has 1 aliphatic rings. The summed E-state index contributed by atoms with van der Waals surface area (Å²) in [6, 6.07) is -0.331. The molecule has 1 saturated heterocycles. The predicted octanol–water partition coefficient (Wildman–Crippen LogP) is 1.49. The van der Waals surface area contributed by atoms with Crippen LogP contribution in [0.25, 0.3) is 0 Å². The summed E-state index contributed by atoms with van der Waals surface area (Å²) in [6.45, 7) is 6.81. The van der Waals surface area contributed by atoms with Crippen LogP contribution < -0.4 is 5.32 Å². The molecule has 92 valence electrons. The van der Waals surface area contributed by atoms with Crippen molar-refractivity contribution in [1.29, 1.82) is 0 Å². The van der Waals surface area contributed by atoms with Crippen LogP contribution in [0.3, 0.4) is 0 Å². The molecule has 0 atom stereocenters. The third-order valence-electron chi connectivity index (χ3n) is 2.51. The van der Waals surface area contributed by atoms with E-state index in [4.69, 9.17) is 0 Å². The van der Waals surface area contributed by atoms with Gasteiger partial charge in [0.15, 0.2) is 0 Å². The number of carbonyl (C=O) groups is 2. The third-order valence-corrected chi connectivity index (χ3v) is 3.35. The SMILES string of the molecule is CC(C)(C)c1csc(CN2CC(=O)NC2=O)n1. The molecular formula is C11H15N3O2S. The number of amides is 3. The van der Waals surface area contributed by atoms with Gasteiger partial charge in [0.25, 0.3) is 0 Å². The summed E-state index contributed by atoms with van der Waals surface area (Å²) in [5.74, 6) is -0.248. The number of hydrogen-bond acceptors (Lipinski definition) is 4. The fourth-order valence-corrected chi connectivity index (χ4v) is 2.54. The highest BCUT2D eigenvalue weighted by atomic mass is 32.1. The zero-order chi connectivity index (χ0) is 12.6. The van der Waals surface area contributed by atoms with Crippen LogP contribution in [0.1, 0.15) is 31.5 Å². The highest BCUT2D eigenvalue weighted by molar-refractivity contribution is 7.09. The van der Waals surface area contributed by atoms with Crippen LogP contribution in [-0.4, -0.2) is 28.4 Å². The van der Waals surface area contributed by atoms with Crippen LogP contribution in [-0.2, 0) is 16.8 Å². The Hall–Kier alpha value is -1.43. The molecule has 0 saturated carbocycles. The summed E-state index contributed by atoms with van der Waals surface area (Å²) in [7, 11) is 0. The number of rotatable bonds is 2. The maximum atomic E-state index is 11.4. The molecule has 6 heteroatoms. The number of imide groups is 1. The fourth-order valence-electron chi connectivity index (χ4n) is 1.50. The van der Waals surface area contributed by atoms with Gasteiger partial charge in [-0.15, -0.1) is 11.3 Å². The van der Waals surface area contributed by atoms with Gasteiger partial charge < -0.3 is 4.90 Å². The molecule has 2 heterocycles. The van der Waals surface area contributed by atoms with E-state index < -0.39 is 0 Å². The van der Waals surface area contributed by atoms with Gasteiger partial charge in [-0.1, -0.05) is 20.8 Å². The quantitative estimate of drug-likeness (QED) is 0.812. The third kappa shape index (κ3) is 2.63. The Bertz CT molecular complexity index is 462. The monoisotopic (exact) mass is 253 g/mol. The summed E-state index contributed by atoms with van der Waals surface area (Å²) in [5.41, 5.74) is 1.03. The second kappa shape index (κ2) is 4.10. The van der Waals surface area contributed by atoms with Crippen molar-refractivity contribution in [2.75, 3.05) is 6.54 Å². The van der Waals surface area contributed by atoms with Crippen LogP contribution in [0.15, 0.2) is 5.38 Å². The fraction of sp³-hybridized carbons (Fsp3) is 0.545. The van der Waals surface area contributed by atoms with Crippen LogP contribution >= 0.6 is 11.3 Å². The van der Waals surface area contributed by atoms with Gasteiger partial charge >= 0.3 is 6.03 Å². The minimum absolute atomic E-state index is 0.0117. The first kappa shape index (κ1) is 12.0. The average Bonchev–Trinajstić information content (AvgIpc) is 2.74. The van der Waals surface area contributed by atoms with Gasteiger partial charge in [-0.3, -0.25) is 10.1 Å². The normalized spacial score (nSPS) is 16.5.